The van der Waals surface area contributed by atoms with Crippen molar-refractivity contribution in [1.29, 1.82) is 0 Å². The number of urea groups is 1. The summed E-state index contributed by atoms with van der Waals surface area (Å²) in [5, 5.41) is 23.2. The fraction of sp³-hybridized carbons (Fsp3) is 0.429. The average molecular weight is 280 g/mol. The first-order chi connectivity index (χ1) is 9.22. The van der Waals surface area contributed by atoms with E-state index in [0.717, 1.165) is 18.1 Å². The summed E-state index contributed by atoms with van der Waals surface area (Å²) in [5.41, 5.74) is 0.0865. The molecule has 6 heteroatoms. The van der Waals surface area contributed by atoms with E-state index in [0.29, 0.717) is 0 Å². The van der Waals surface area contributed by atoms with E-state index in [-0.39, 0.29) is 12.6 Å². The Morgan fingerprint density at radius 2 is 1.85 bits per heavy atom. The van der Waals surface area contributed by atoms with Crippen LogP contribution in [-0.2, 0) is 4.79 Å². The number of benzene rings is 1. The molecule has 0 aliphatic carbocycles. The first kappa shape index (κ1) is 16.0. The van der Waals surface area contributed by atoms with Crippen LogP contribution in [0.25, 0.3) is 0 Å². The van der Waals surface area contributed by atoms with E-state index >= 15 is 0 Å². The molecule has 0 aliphatic heterocycles. The number of hydrogen-bond donors (Lipinski definition) is 4. The van der Waals surface area contributed by atoms with Crippen molar-refractivity contribution in [2.24, 2.45) is 0 Å². The normalized spacial score (nSPS) is 15.0. The standard InChI is InChI=1S/C14H20N2O4/c1-9-4-6-11(7-5-9)10(2)16-13(19)15-8-14(3,20)12(17)18/h4-7,10,20H,8H2,1-3H3,(H,17,18)(H2,15,16,19). The molecule has 0 bridgehead atoms. The van der Waals surface area contributed by atoms with Gasteiger partial charge in [-0.3, -0.25) is 0 Å². The first-order valence-corrected chi connectivity index (χ1v) is 6.29. The van der Waals surface area contributed by atoms with Crippen LogP contribution in [0.1, 0.15) is 31.0 Å². The zero-order chi connectivity index (χ0) is 15.3. The second kappa shape index (κ2) is 6.38. The predicted octanol–water partition coefficient (Wildman–Crippen LogP) is 1.19. The summed E-state index contributed by atoms with van der Waals surface area (Å²) in [4.78, 5) is 22.3. The van der Waals surface area contributed by atoms with Gasteiger partial charge in [-0.05, 0) is 26.3 Å². The number of aryl methyl sites for hydroxylation is 1. The lowest BCUT2D eigenvalue weighted by Gasteiger charge is -2.20. The third-order valence-corrected chi connectivity index (χ3v) is 2.98. The van der Waals surface area contributed by atoms with E-state index in [1.807, 2.05) is 38.1 Å². The molecule has 0 fully saturated rings. The highest BCUT2D eigenvalue weighted by Crippen LogP contribution is 2.12. The van der Waals surface area contributed by atoms with E-state index in [9.17, 15) is 14.7 Å². The number of carboxylic acids is 1. The Labute approximate surface area is 117 Å². The zero-order valence-corrected chi connectivity index (χ0v) is 11.8. The van der Waals surface area contributed by atoms with E-state index in [4.69, 9.17) is 5.11 Å². The molecule has 20 heavy (non-hydrogen) atoms. The third-order valence-electron chi connectivity index (χ3n) is 2.98. The van der Waals surface area contributed by atoms with E-state index in [1.165, 1.54) is 0 Å². The molecule has 1 rings (SSSR count). The number of amides is 2. The van der Waals surface area contributed by atoms with Crippen molar-refractivity contribution in [2.45, 2.75) is 32.4 Å². The molecule has 0 spiro atoms. The number of aliphatic hydroxyl groups is 1. The maximum absolute atomic E-state index is 11.6. The summed E-state index contributed by atoms with van der Waals surface area (Å²) < 4.78 is 0. The van der Waals surface area contributed by atoms with Gasteiger partial charge in [0.05, 0.1) is 12.6 Å². The van der Waals surface area contributed by atoms with Crippen LogP contribution in [0.5, 0.6) is 0 Å². The Hall–Kier alpha value is -2.08. The Kier molecular flexibility index (Phi) is 5.10. The number of carbonyl (C=O) groups excluding carboxylic acids is 1. The summed E-state index contributed by atoms with van der Waals surface area (Å²) in [7, 11) is 0. The molecule has 1 aromatic rings. The molecule has 0 aromatic heterocycles. The Balaban J connectivity index is 2.50. The summed E-state index contributed by atoms with van der Waals surface area (Å²) in [6.45, 7) is 4.55. The van der Waals surface area contributed by atoms with Crippen LogP contribution < -0.4 is 10.6 Å². The Morgan fingerprint density at radius 1 is 1.30 bits per heavy atom. The number of nitrogens with one attached hydrogen (secondary N) is 2. The molecular formula is C14H20N2O4. The smallest absolute Gasteiger partial charge is 0.337 e. The van der Waals surface area contributed by atoms with Gasteiger partial charge < -0.3 is 20.8 Å². The molecule has 4 N–H and O–H groups in total. The van der Waals surface area contributed by atoms with Crippen LogP contribution in [-0.4, -0.2) is 34.4 Å². The second-order valence-corrected chi connectivity index (χ2v) is 5.04. The maximum Gasteiger partial charge on any atom is 0.337 e. The zero-order valence-electron chi connectivity index (χ0n) is 11.8. The van der Waals surface area contributed by atoms with E-state index in [2.05, 4.69) is 10.6 Å². The van der Waals surface area contributed by atoms with Crippen LogP contribution in [0.2, 0.25) is 0 Å². The van der Waals surface area contributed by atoms with Gasteiger partial charge in [-0.25, -0.2) is 9.59 Å². The molecule has 6 nitrogen and oxygen atoms in total. The van der Waals surface area contributed by atoms with Gasteiger partial charge in [0.25, 0.3) is 0 Å². The Morgan fingerprint density at radius 3 is 2.35 bits per heavy atom. The highest BCUT2D eigenvalue weighted by atomic mass is 16.4. The lowest BCUT2D eigenvalue weighted by molar-refractivity contribution is -0.155. The number of carboxylic acid groups (broad SMARTS) is 1. The molecule has 0 radical (unpaired) electrons. The minimum absolute atomic E-state index is 0.217. The highest BCUT2D eigenvalue weighted by molar-refractivity contribution is 5.79. The quantitative estimate of drug-likeness (QED) is 0.651. The largest absolute Gasteiger partial charge is 0.479 e. The fourth-order valence-corrected chi connectivity index (χ4v) is 1.51. The second-order valence-electron chi connectivity index (χ2n) is 5.04. The van der Waals surface area contributed by atoms with Gasteiger partial charge in [0, 0.05) is 0 Å². The predicted molar refractivity (Wildman–Crippen MR) is 74.4 cm³/mol. The molecule has 0 saturated carbocycles. The van der Waals surface area contributed by atoms with E-state index in [1.54, 1.807) is 0 Å². The lowest BCUT2D eigenvalue weighted by atomic mass is 10.1. The molecule has 110 valence electrons. The van der Waals surface area contributed by atoms with Crippen LogP contribution in [0.15, 0.2) is 24.3 Å². The molecule has 2 amide bonds. The summed E-state index contributed by atoms with van der Waals surface area (Å²) in [6.07, 6.45) is 0. The van der Waals surface area contributed by atoms with Gasteiger partial charge in [0.1, 0.15) is 0 Å². The van der Waals surface area contributed by atoms with Crippen molar-refractivity contribution in [3.8, 4) is 0 Å². The van der Waals surface area contributed by atoms with Gasteiger partial charge in [-0.1, -0.05) is 29.8 Å². The molecule has 0 aliphatic rings. The van der Waals surface area contributed by atoms with Gasteiger partial charge in [-0.15, -0.1) is 0 Å². The molecule has 2 unspecified atom stereocenters. The van der Waals surface area contributed by atoms with Gasteiger partial charge in [0.15, 0.2) is 5.60 Å². The van der Waals surface area contributed by atoms with Gasteiger partial charge >= 0.3 is 12.0 Å². The van der Waals surface area contributed by atoms with Crippen molar-refractivity contribution in [3.63, 3.8) is 0 Å². The lowest BCUT2D eigenvalue weighted by Crippen LogP contribution is -2.49. The van der Waals surface area contributed by atoms with Crippen molar-refractivity contribution in [2.75, 3.05) is 6.54 Å². The summed E-state index contributed by atoms with van der Waals surface area (Å²) in [6, 6.07) is 6.97. The third kappa shape index (κ3) is 4.55. The maximum atomic E-state index is 11.6. The number of aliphatic carboxylic acids is 1. The number of carbonyl (C=O) groups is 2. The summed E-state index contributed by atoms with van der Waals surface area (Å²) in [5.74, 6) is -1.38. The Bertz CT molecular complexity index is 482. The van der Waals surface area contributed by atoms with Crippen molar-refractivity contribution >= 4 is 12.0 Å². The van der Waals surface area contributed by atoms with Crippen molar-refractivity contribution < 1.29 is 19.8 Å². The van der Waals surface area contributed by atoms with Gasteiger partial charge in [-0.2, -0.15) is 0 Å². The first-order valence-electron chi connectivity index (χ1n) is 6.29. The minimum atomic E-state index is -1.98. The molecule has 1 aromatic carbocycles. The van der Waals surface area contributed by atoms with Crippen molar-refractivity contribution in [3.05, 3.63) is 35.4 Å². The molecule has 2 atom stereocenters. The molecular weight excluding hydrogens is 260 g/mol. The van der Waals surface area contributed by atoms with E-state index < -0.39 is 17.6 Å². The minimum Gasteiger partial charge on any atom is -0.479 e. The topological polar surface area (TPSA) is 98.7 Å². The van der Waals surface area contributed by atoms with Crippen LogP contribution in [0.3, 0.4) is 0 Å². The monoisotopic (exact) mass is 280 g/mol. The molecule has 0 saturated heterocycles. The van der Waals surface area contributed by atoms with Crippen LogP contribution in [0.4, 0.5) is 4.79 Å². The number of hydrogen-bond acceptors (Lipinski definition) is 3. The summed E-state index contributed by atoms with van der Waals surface area (Å²) >= 11 is 0. The van der Waals surface area contributed by atoms with Crippen molar-refractivity contribution in [1.82, 2.24) is 10.6 Å². The van der Waals surface area contributed by atoms with Gasteiger partial charge in [0.2, 0.25) is 0 Å². The average Bonchev–Trinajstić information content (AvgIpc) is 2.37. The van der Waals surface area contributed by atoms with Crippen LogP contribution in [0, 0.1) is 6.92 Å². The van der Waals surface area contributed by atoms with Crippen LogP contribution >= 0.6 is 0 Å². The number of rotatable bonds is 5. The SMILES string of the molecule is Cc1ccc(C(C)NC(=O)NCC(C)(O)C(=O)O)cc1. The highest BCUT2D eigenvalue weighted by Gasteiger charge is 2.30. The molecule has 0 heterocycles. The fourth-order valence-electron chi connectivity index (χ4n) is 1.51.